The fraction of sp³-hybridized carbons (Fsp3) is 0.231. The maximum absolute atomic E-state index is 12.0. The molecule has 1 heterocycles. The summed E-state index contributed by atoms with van der Waals surface area (Å²) in [5.74, 6) is 0.128. The van der Waals surface area contributed by atoms with Crippen LogP contribution in [-0.4, -0.2) is 27.7 Å². The van der Waals surface area contributed by atoms with Crippen LogP contribution in [0.3, 0.4) is 0 Å². The molecule has 0 fully saturated rings. The first kappa shape index (κ1) is 14.5. The van der Waals surface area contributed by atoms with Crippen LogP contribution in [0.25, 0.3) is 0 Å². The summed E-state index contributed by atoms with van der Waals surface area (Å²) in [7, 11) is 3.09. The number of rotatable bonds is 5. The zero-order valence-electron chi connectivity index (χ0n) is 11.6. The number of carbonyl (C=O) groups excluding carboxylic acids is 1. The largest absolute Gasteiger partial charge is 0.497 e. The van der Waals surface area contributed by atoms with Gasteiger partial charge in [-0.05, 0) is 17.7 Å². The number of hydrogen-bond acceptors (Lipinski definition) is 5. The number of benzene rings is 1. The van der Waals surface area contributed by atoms with Crippen LogP contribution in [0.15, 0.2) is 30.5 Å². The molecule has 0 aliphatic rings. The second-order valence-electron chi connectivity index (χ2n) is 4.32. The molecule has 2 aromatic rings. The Morgan fingerprint density at radius 3 is 2.67 bits per heavy atom. The van der Waals surface area contributed by atoms with Crippen LogP contribution in [0.5, 0.6) is 5.75 Å². The summed E-state index contributed by atoms with van der Waals surface area (Å²) in [5, 5.41) is 17.3. The first-order valence-electron chi connectivity index (χ1n) is 6.10. The fourth-order valence-corrected chi connectivity index (χ4v) is 1.78. The standard InChI is InChI=1S/C13H14N4O4/c1-16-8-11(17(19)20)12(15-16)13(18)14-7-9-3-5-10(21-2)6-4-9/h3-6,8H,7H2,1-2H3,(H,14,18). The number of nitrogens with one attached hydrogen (secondary N) is 1. The second-order valence-corrected chi connectivity index (χ2v) is 4.32. The minimum Gasteiger partial charge on any atom is -0.497 e. The summed E-state index contributed by atoms with van der Waals surface area (Å²) in [6.45, 7) is 0.247. The highest BCUT2D eigenvalue weighted by Crippen LogP contribution is 2.16. The quantitative estimate of drug-likeness (QED) is 0.660. The summed E-state index contributed by atoms with van der Waals surface area (Å²) >= 11 is 0. The van der Waals surface area contributed by atoms with E-state index < -0.39 is 10.8 Å². The third kappa shape index (κ3) is 3.35. The van der Waals surface area contributed by atoms with Crippen molar-refractivity contribution in [1.29, 1.82) is 0 Å². The molecule has 1 N–H and O–H groups in total. The predicted octanol–water partition coefficient (Wildman–Crippen LogP) is 1.27. The normalized spacial score (nSPS) is 10.2. The summed E-state index contributed by atoms with van der Waals surface area (Å²) in [6.07, 6.45) is 1.20. The highest BCUT2D eigenvalue weighted by molar-refractivity contribution is 5.95. The average molecular weight is 290 g/mol. The van der Waals surface area contributed by atoms with Crippen LogP contribution < -0.4 is 10.1 Å². The molecule has 110 valence electrons. The number of methoxy groups -OCH3 is 1. The van der Waals surface area contributed by atoms with Crippen molar-refractivity contribution in [1.82, 2.24) is 15.1 Å². The lowest BCUT2D eigenvalue weighted by molar-refractivity contribution is -0.385. The highest BCUT2D eigenvalue weighted by atomic mass is 16.6. The summed E-state index contributed by atoms with van der Waals surface area (Å²) in [5.41, 5.74) is 0.337. The van der Waals surface area contributed by atoms with Crippen LogP contribution in [0, 0.1) is 10.1 Å². The van der Waals surface area contributed by atoms with E-state index in [0.29, 0.717) is 5.75 Å². The van der Waals surface area contributed by atoms with Crippen LogP contribution in [0.2, 0.25) is 0 Å². The van der Waals surface area contributed by atoms with Gasteiger partial charge in [-0.25, -0.2) is 0 Å². The molecule has 1 amide bonds. The average Bonchev–Trinajstić information content (AvgIpc) is 2.87. The number of carbonyl (C=O) groups is 1. The molecule has 0 radical (unpaired) electrons. The van der Waals surface area contributed by atoms with Gasteiger partial charge in [0, 0.05) is 13.6 Å². The molecule has 0 atom stereocenters. The van der Waals surface area contributed by atoms with Crippen LogP contribution in [0.4, 0.5) is 5.69 Å². The fourth-order valence-electron chi connectivity index (χ4n) is 1.78. The lowest BCUT2D eigenvalue weighted by atomic mass is 10.2. The van der Waals surface area contributed by atoms with Gasteiger partial charge in [0.1, 0.15) is 11.9 Å². The first-order chi connectivity index (χ1) is 10.0. The van der Waals surface area contributed by atoms with Gasteiger partial charge >= 0.3 is 5.69 Å². The van der Waals surface area contributed by atoms with Crippen molar-refractivity contribution in [3.8, 4) is 5.75 Å². The van der Waals surface area contributed by atoms with Crippen molar-refractivity contribution < 1.29 is 14.5 Å². The van der Waals surface area contributed by atoms with Crippen molar-refractivity contribution in [3.05, 3.63) is 51.8 Å². The van der Waals surface area contributed by atoms with Crippen LogP contribution in [0.1, 0.15) is 16.1 Å². The van der Waals surface area contributed by atoms with Gasteiger partial charge in [0.25, 0.3) is 5.91 Å². The topological polar surface area (TPSA) is 99.3 Å². The Morgan fingerprint density at radius 2 is 2.10 bits per heavy atom. The van der Waals surface area contributed by atoms with Crippen LogP contribution in [-0.2, 0) is 13.6 Å². The van der Waals surface area contributed by atoms with Gasteiger partial charge in [0.05, 0.1) is 12.0 Å². The van der Waals surface area contributed by atoms with Crippen molar-refractivity contribution in [2.24, 2.45) is 7.05 Å². The van der Waals surface area contributed by atoms with Gasteiger partial charge in [-0.15, -0.1) is 0 Å². The summed E-state index contributed by atoms with van der Waals surface area (Å²) < 4.78 is 6.27. The highest BCUT2D eigenvalue weighted by Gasteiger charge is 2.24. The minimum atomic E-state index is -0.630. The Labute approximate surface area is 120 Å². The number of ether oxygens (including phenoxy) is 1. The molecule has 21 heavy (non-hydrogen) atoms. The molecular formula is C13H14N4O4. The monoisotopic (exact) mass is 290 g/mol. The smallest absolute Gasteiger partial charge is 0.320 e. The van der Waals surface area contributed by atoms with Crippen molar-refractivity contribution in [3.63, 3.8) is 0 Å². The van der Waals surface area contributed by atoms with Crippen LogP contribution >= 0.6 is 0 Å². The Hall–Kier alpha value is -2.90. The van der Waals surface area contributed by atoms with Crippen molar-refractivity contribution >= 4 is 11.6 Å². The molecule has 1 aromatic carbocycles. The zero-order chi connectivity index (χ0) is 15.4. The van der Waals surface area contributed by atoms with E-state index in [1.165, 1.54) is 17.9 Å². The van der Waals surface area contributed by atoms with Gasteiger partial charge in [-0.3, -0.25) is 19.6 Å². The number of aryl methyl sites for hydroxylation is 1. The third-order valence-corrected chi connectivity index (χ3v) is 2.83. The Bertz CT molecular complexity index is 663. The molecular weight excluding hydrogens is 276 g/mol. The Morgan fingerprint density at radius 1 is 1.43 bits per heavy atom. The van der Waals surface area contributed by atoms with E-state index in [1.807, 2.05) is 0 Å². The van der Waals surface area contributed by atoms with E-state index >= 15 is 0 Å². The lowest BCUT2D eigenvalue weighted by Crippen LogP contribution is -2.24. The molecule has 0 aliphatic heterocycles. The molecule has 0 spiro atoms. The van der Waals surface area contributed by atoms with Crippen molar-refractivity contribution in [2.45, 2.75) is 6.54 Å². The number of nitro groups is 1. The second kappa shape index (κ2) is 6.04. The Kier molecular flexibility index (Phi) is 4.17. The van der Waals surface area contributed by atoms with Crippen molar-refractivity contribution in [2.75, 3.05) is 7.11 Å². The number of hydrogen-bond donors (Lipinski definition) is 1. The number of aromatic nitrogens is 2. The maximum atomic E-state index is 12.0. The van der Waals surface area contributed by atoms with E-state index in [-0.39, 0.29) is 17.9 Å². The minimum absolute atomic E-state index is 0.198. The molecule has 0 bridgehead atoms. The molecule has 2 rings (SSSR count). The van der Waals surface area contributed by atoms with E-state index in [1.54, 1.807) is 31.4 Å². The molecule has 8 heteroatoms. The van der Waals surface area contributed by atoms with Gasteiger partial charge in [0.15, 0.2) is 0 Å². The summed E-state index contributed by atoms with van der Waals surface area (Å²) in [6, 6.07) is 7.13. The maximum Gasteiger partial charge on any atom is 0.320 e. The molecule has 0 aliphatic carbocycles. The number of nitrogens with zero attached hydrogens (tertiary/aromatic N) is 3. The molecule has 0 saturated heterocycles. The van der Waals surface area contributed by atoms with Gasteiger partial charge in [0.2, 0.25) is 5.69 Å². The van der Waals surface area contributed by atoms with Gasteiger partial charge in [-0.1, -0.05) is 12.1 Å². The molecule has 0 saturated carbocycles. The van der Waals surface area contributed by atoms with E-state index in [2.05, 4.69) is 10.4 Å². The number of amides is 1. The predicted molar refractivity (Wildman–Crippen MR) is 74.0 cm³/mol. The van der Waals surface area contributed by atoms with E-state index in [4.69, 9.17) is 4.74 Å². The SMILES string of the molecule is COc1ccc(CNC(=O)c2nn(C)cc2[N+](=O)[O-])cc1. The third-order valence-electron chi connectivity index (χ3n) is 2.83. The lowest BCUT2D eigenvalue weighted by Gasteiger charge is -2.04. The molecule has 8 nitrogen and oxygen atoms in total. The van der Waals surface area contributed by atoms with Gasteiger partial charge < -0.3 is 10.1 Å². The van der Waals surface area contributed by atoms with Gasteiger partial charge in [-0.2, -0.15) is 5.10 Å². The zero-order valence-corrected chi connectivity index (χ0v) is 11.6. The Balaban J connectivity index is 2.06. The molecule has 0 unspecified atom stereocenters. The van der Waals surface area contributed by atoms with E-state index in [0.717, 1.165) is 5.56 Å². The molecule has 1 aromatic heterocycles. The van der Waals surface area contributed by atoms with E-state index in [9.17, 15) is 14.9 Å². The first-order valence-corrected chi connectivity index (χ1v) is 6.10. The summed E-state index contributed by atoms with van der Waals surface area (Å²) in [4.78, 5) is 22.2.